The molecule has 0 saturated heterocycles. The van der Waals surface area contributed by atoms with Crippen molar-refractivity contribution in [2.75, 3.05) is 0 Å². The third-order valence-corrected chi connectivity index (χ3v) is 3.50. The molecule has 0 aliphatic carbocycles. The van der Waals surface area contributed by atoms with Crippen LogP contribution in [0.2, 0.25) is 0 Å². The molecule has 0 bridgehead atoms. The summed E-state index contributed by atoms with van der Waals surface area (Å²) in [6, 6.07) is 14.4. The highest BCUT2D eigenvalue weighted by molar-refractivity contribution is 6.05. The molecule has 3 aromatic rings. The molecule has 1 aromatic heterocycles. The zero-order valence-electron chi connectivity index (χ0n) is 10.7. The van der Waals surface area contributed by atoms with E-state index in [1.165, 1.54) is 5.56 Å². The van der Waals surface area contributed by atoms with Gasteiger partial charge >= 0.3 is 0 Å². The van der Waals surface area contributed by atoms with Gasteiger partial charge in [-0.2, -0.15) is 0 Å². The van der Waals surface area contributed by atoms with Crippen molar-refractivity contribution in [2.24, 2.45) is 11.7 Å². The van der Waals surface area contributed by atoms with E-state index < -0.39 is 0 Å². The van der Waals surface area contributed by atoms with Crippen molar-refractivity contribution >= 4 is 21.9 Å². The zero-order chi connectivity index (χ0) is 12.7. The van der Waals surface area contributed by atoms with E-state index in [1.807, 2.05) is 24.3 Å². The lowest BCUT2D eigenvalue weighted by Gasteiger charge is -2.15. The molecule has 1 atom stereocenters. The van der Waals surface area contributed by atoms with E-state index in [1.54, 1.807) is 0 Å². The Morgan fingerprint density at radius 2 is 1.67 bits per heavy atom. The van der Waals surface area contributed by atoms with Crippen LogP contribution in [0.4, 0.5) is 0 Å². The van der Waals surface area contributed by atoms with Crippen molar-refractivity contribution in [3.05, 3.63) is 48.0 Å². The van der Waals surface area contributed by atoms with Gasteiger partial charge in [0.15, 0.2) is 0 Å². The molecule has 2 heteroatoms. The van der Waals surface area contributed by atoms with Crippen LogP contribution in [-0.2, 0) is 0 Å². The van der Waals surface area contributed by atoms with Gasteiger partial charge in [0.05, 0.1) is 0 Å². The average Bonchev–Trinajstić information content (AvgIpc) is 2.75. The van der Waals surface area contributed by atoms with Gasteiger partial charge in [0.25, 0.3) is 0 Å². The maximum absolute atomic E-state index is 6.21. The maximum Gasteiger partial charge on any atom is 0.135 e. The highest BCUT2D eigenvalue weighted by Gasteiger charge is 2.13. The fraction of sp³-hybridized carbons (Fsp3) is 0.250. The van der Waals surface area contributed by atoms with E-state index >= 15 is 0 Å². The quantitative estimate of drug-likeness (QED) is 0.726. The lowest BCUT2D eigenvalue weighted by molar-refractivity contribution is 0.514. The molecule has 2 N–H and O–H groups in total. The predicted molar refractivity (Wildman–Crippen MR) is 75.5 cm³/mol. The lowest BCUT2D eigenvalue weighted by Crippen LogP contribution is -2.16. The fourth-order valence-electron chi connectivity index (χ4n) is 2.34. The molecule has 2 aromatic carbocycles. The van der Waals surface area contributed by atoms with Gasteiger partial charge in [0.2, 0.25) is 0 Å². The summed E-state index contributed by atoms with van der Waals surface area (Å²) in [6.45, 7) is 4.28. The summed E-state index contributed by atoms with van der Waals surface area (Å²) in [6.07, 6.45) is 0. The van der Waals surface area contributed by atoms with Crippen molar-refractivity contribution < 1.29 is 4.42 Å². The Morgan fingerprint density at radius 3 is 2.44 bits per heavy atom. The average molecular weight is 239 g/mol. The third kappa shape index (κ3) is 1.70. The molecule has 18 heavy (non-hydrogen) atoms. The number of para-hydroxylation sites is 1. The summed E-state index contributed by atoms with van der Waals surface area (Å²) >= 11 is 0. The highest BCUT2D eigenvalue weighted by Crippen LogP contribution is 2.31. The van der Waals surface area contributed by atoms with Gasteiger partial charge in [-0.25, -0.2) is 0 Å². The Morgan fingerprint density at radius 1 is 0.944 bits per heavy atom. The van der Waals surface area contributed by atoms with Crippen LogP contribution in [0.3, 0.4) is 0 Å². The molecule has 0 aliphatic heterocycles. The number of hydrogen-bond donors (Lipinski definition) is 1. The first-order chi connectivity index (χ1) is 8.66. The molecule has 0 saturated carbocycles. The number of nitrogens with two attached hydrogens (primary N) is 1. The molecule has 2 nitrogen and oxygen atoms in total. The van der Waals surface area contributed by atoms with Gasteiger partial charge in [0.1, 0.15) is 11.2 Å². The minimum absolute atomic E-state index is 0.0723. The highest BCUT2D eigenvalue weighted by atomic mass is 16.3. The van der Waals surface area contributed by atoms with Crippen molar-refractivity contribution in [1.82, 2.24) is 0 Å². The van der Waals surface area contributed by atoms with Gasteiger partial charge < -0.3 is 10.2 Å². The van der Waals surface area contributed by atoms with Gasteiger partial charge in [-0.15, -0.1) is 0 Å². The van der Waals surface area contributed by atoms with Crippen molar-refractivity contribution in [3.8, 4) is 0 Å². The van der Waals surface area contributed by atoms with Crippen LogP contribution in [0.1, 0.15) is 25.5 Å². The summed E-state index contributed by atoms with van der Waals surface area (Å²) in [7, 11) is 0. The molecular formula is C16H17NO. The molecule has 92 valence electrons. The second kappa shape index (κ2) is 4.14. The first-order valence-electron chi connectivity index (χ1n) is 6.33. The summed E-state index contributed by atoms with van der Waals surface area (Å²) in [5, 5.41) is 2.31. The predicted octanol–water partition coefficient (Wildman–Crippen LogP) is 4.24. The van der Waals surface area contributed by atoms with E-state index in [-0.39, 0.29) is 6.04 Å². The van der Waals surface area contributed by atoms with Crippen LogP contribution < -0.4 is 5.73 Å². The topological polar surface area (TPSA) is 39.2 Å². The Kier molecular flexibility index (Phi) is 2.60. The second-order valence-electron chi connectivity index (χ2n) is 5.12. The van der Waals surface area contributed by atoms with Crippen LogP contribution in [0.15, 0.2) is 46.9 Å². The van der Waals surface area contributed by atoms with Crippen LogP contribution in [0, 0.1) is 5.92 Å². The summed E-state index contributed by atoms with van der Waals surface area (Å²) < 4.78 is 5.81. The summed E-state index contributed by atoms with van der Waals surface area (Å²) in [5.41, 5.74) is 9.24. The summed E-state index contributed by atoms with van der Waals surface area (Å²) in [4.78, 5) is 0. The molecule has 3 rings (SSSR count). The smallest absolute Gasteiger partial charge is 0.135 e. The van der Waals surface area contributed by atoms with E-state index in [0.29, 0.717) is 5.92 Å². The lowest BCUT2D eigenvalue weighted by atomic mass is 9.96. The number of fused-ring (bicyclic) bond motifs is 3. The van der Waals surface area contributed by atoms with Crippen LogP contribution >= 0.6 is 0 Å². The number of benzene rings is 2. The van der Waals surface area contributed by atoms with Crippen molar-refractivity contribution in [1.29, 1.82) is 0 Å². The third-order valence-electron chi connectivity index (χ3n) is 3.50. The van der Waals surface area contributed by atoms with Crippen molar-refractivity contribution in [2.45, 2.75) is 19.9 Å². The Hall–Kier alpha value is -1.80. The number of furan rings is 1. The summed E-state index contributed by atoms with van der Waals surface area (Å²) in [5.74, 6) is 0.431. The standard InChI is InChI=1S/C16H17NO/c1-10(2)16(17)11-7-8-15-13(9-11)12-5-3-4-6-14(12)18-15/h3-10,16H,17H2,1-2H3. The Bertz CT molecular complexity index is 696. The Labute approximate surface area is 106 Å². The van der Waals surface area contributed by atoms with Gasteiger partial charge in [-0.1, -0.05) is 38.1 Å². The normalized spacial score (nSPS) is 13.6. The minimum Gasteiger partial charge on any atom is -0.456 e. The molecule has 0 aliphatic rings. The van der Waals surface area contributed by atoms with Gasteiger partial charge in [0, 0.05) is 16.8 Å². The van der Waals surface area contributed by atoms with E-state index in [0.717, 1.165) is 21.9 Å². The molecular weight excluding hydrogens is 222 g/mol. The van der Waals surface area contributed by atoms with Crippen LogP contribution in [0.5, 0.6) is 0 Å². The molecule has 0 radical (unpaired) electrons. The monoisotopic (exact) mass is 239 g/mol. The number of rotatable bonds is 2. The minimum atomic E-state index is 0.0723. The molecule has 0 amide bonds. The molecule has 0 spiro atoms. The zero-order valence-corrected chi connectivity index (χ0v) is 10.7. The largest absolute Gasteiger partial charge is 0.456 e. The van der Waals surface area contributed by atoms with Crippen molar-refractivity contribution in [3.63, 3.8) is 0 Å². The number of hydrogen-bond acceptors (Lipinski definition) is 2. The SMILES string of the molecule is CC(C)C(N)c1ccc2oc3ccccc3c2c1. The molecule has 0 fully saturated rings. The van der Waals surface area contributed by atoms with Crippen LogP contribution in [0.25, 0.3) is 21.9 Å². The van der Waals surface area contributed by atoms with Gasteiger partial charge in [-0.05, 0) is 29.7 Å². The van der Waals surface area contributed by atoms with Crippen LogP contribution in [-0.4, -0.2) is 0 Å². The Balaban J connectivity index is 2.24. The van der Waals surface area contributed by atoms with E-state index in [4.69, 9.17) is 10.2 Å². The maximum atomic E-state index is 6.21. The first kappa shape index (κ1) is 11.3. The first-order valence-corrected chi connectivity index (χ1v) is 6.33. The molecule has 1 unspecified atom stereocenters. The van der Waals surface area contributed by atoms with Gasteiger partial charge in [-0.3, -0.25) is 0 Å². The van der Waals surface area contributed by atoms with E-state index in [9.17, 15) is 0 Å². The molecule has 1 heterocycles. The van der Waals surface area contributed by atoms with E-state index in [2.05, 4.69) is 32.0 Å². The fourth-order valence-corrected chi connectivity index (χ4v) is 2.34. The second-order valence-corrected chi connectivity index (χ2v) is 5.12.